The quantitative estimate of drug-likeness (QED) is 0.643. The molecule has 5 nitrogen and oxygen atoms in total. The van der Waals surface area contributed by atoms with E-state index in [-0.39, 0.29) is 11.3 Å². The van der Waals surface area contributed by atoms with Gasteiger partial charge in [-0.3, -0.25) is 4.79 Å². The van der Waals surface area contributed by atoms with Gasteiger partial charge in [-0.1, -0.05) is 36.4 Å². The zero-order chi connectivity index (χ0) is 16.8. The highest BCUT2D eigenvalue weighted by Crippen LogP contribution is 2.11. The van der Waals surface area contributed by atoms with Crippen molar-refractivity contribution < 1.29 is 14.7 Å². The van der Waals surface area contributed by atoms with E-state index in [1.807, 2.05) is 6.07 Å². The van der Waals surface area contributed by atoms with Crippen LogP contribution in [0.1, 0.15) is 33.2 Å². The number of carbonyl (C=O) groups is 2. The highest BCUT2D eigenvalue weighted by atomic mass is 32.1. The molecule has 118 valence electrons. The first kappa shape index (κ1) is 16.6. The highest BCUT2D eigenvalue weighted by molar-refractivity contribution is 7.80. The molecule has 2 rings (SSSR count). The summed E-state index contributed by atoms with van der Waals surface area (Å²) in [6.07, 6.45) is 0. The largest absolute Gasteiger partial charge is 0.545 e. The van der Waals surface area contributed by atoms with Crippen LogP contribution in [0, 0.1) is 0 Å². The van der Waals surface area contributed by atoms with E-state index in [0.29, 0.717) is 17.2 Å². The molecule has 0 saturated carbocycles. The van der Waals surface area contributed by atoms with E-state index in [0.717, 1.165) is 11.3 Å². The molecule has 0 amide bonds. The molecule has 0 aliphatic heterocycles. The Kier molecular flexibility index (Phi) is 5.43. The van der Waals surface area contributed by atoms with Gasteiger partial charge in [0.1, 0.15) is 0 Å². The van der Waals surface area contributed by atoms with Gasteiger partial charge in [-0.25, -0.2) is 0 Å². The van der Waals surface area contributed by atoms with Crippen LogP contribution in [0.2, 0.25) is 0 Å². The standard InChI is InChI=1S/C17H16N2O3S/c1-11(20)14-3-2-4-15(9-14)19-17(23)18-10-12-5-7-13(8-6-12)16(21)22/h2-9H,10H2,1H3,(H,21,22)(H2,18,19,23)/p-1. The SMILES string of the molecule is CC(=O)c1cccc(NC(=S)NCc2ccc(C(=O)[O-])cc2)c1. The van der Waals surface area contributed by atoms with E-state index in [9.17, 15) is 14.7 Å². The van der Waals surface area contributed by atoms with Crippen LogP contribution in [0.5, 0.6) is 0 Å². The van der Waals surface area contributed by atoms with E-state index >= 15 is 0 Å². The van der Waals surface area contributed by atoms with Crippen molar-refractivity contribution in [2.24, 2.45) is 0 Å². The third-order valence-corrected chi connectivity index (χ3v) is 3.42. The Morgan fingerprint density at radius 2 is 1.78 bits per heavy atom. The van der Waals surface area contributed by atoms with Crippen LogP contribution >= 0.6 is 12.2 Å². The van der Waals surface area contributed by atoms with E-state index in [2.05, 4.69) is 10.6 Å². The fraction of sp³-hybridized carbons (Fsp3) is 0.118. The first-order valence-electron chi connectivity index (χ1n) is 6.92. The van der Waals surface area contributed by atoms with Crippen molar-refractivity contribution in [2.75, 3.05) is 5.32 Å². The number of rotatable bonds is 5. The fourth-order valence-electron chi connectivity index (χ4n) is 1.93. The average molecular weight is 327 g/mol. The molecule has 0 aromatic heterocycles. The number of Topliss-reactive ketones (excluding diaryl/α,β-unsaturated/α-hetero) is 1. The first-order valence-corrected chi connectivity index (χ1v) is 7.32. The summed E-state index contributed by atoms with van der Waals surface area (Å²) in [5, 5.41) is 17.1. The molecule has 6 heteroatoms. The van der Waals surface area contributed by atoms with Crippen molar-refractivity contribution in [3.05, 3.63) is 65.2 Å². The van der Waals surface area contributed by atoms with E-state index in [1.54, 1.807) is 30.3 Å². The van der Waals surface area contributed by atoms with Crippen LogP contribution < -0.4 is 15.7 Å². The third-order valence-electron chi connectivity index (χ3n) is 3.17. The number of hydrogen-bond acceptors (Lipinski definition) is 4. The lowest BCUT2D eigenvalue weighted by atomic mass is 10.1. The van der Waals surface area contributed by atoms with Gasteiger partial charge < -0.3 is 20.5 Å². The summed E-state index contributed by atoms with van der Waals surface area (Å²) in [6.45, 7) is 1.96. The summed E-state index contributed by atoms with van der Waals surface area (Å²) >= 11 is 5.20. The second-order valence-electron chi connectivity index (χ2n) is 4.93. The van der Waals surface area contributed by atoms with Crippen molar-refractivity contribution in [1.82, 2.24) is 5.32 Å². The molecule has 2 aromatic carbocycles. The molecule has 0 aliphatic rings. The lowest BCUT2D eigenvalue weighted by Crippen LogP contribution is -2.28. The number of carbonyl (C=O) groups excluding carboxylic acids is 2. The van der Waals surface area contributed by atoms with E-state index in [4.69, 9.17) is 12.2 Å². The number of aromatic carboxylic acids is 1. The van der Waals surface area contributed by atoms with Gasteiger partial charge in [0.05, 0.1) is 5.97 Å². The van der Waals surface area contributed by atoms with E-state index in [1.165, 1.54) is 19.1 Å². The second kappa shape index (κ2) is 7.51. The minimum atomic E-state index is -1.20. The van der Waals surface area contributed by atoms with Crippen LogP contribution in [0.15, 0.2) is 48.5 Å². The number of carboxylic acids is 1. The van der Waals surface area contributed by atoms with Gasteiger partial charge in [-0.2, -0.15) is 0 Å². The lowest BCUT2D eigenvalue weighted by Gasteiger charge is -2.11. The van der Waals surface area contributed by atoms with Crippen LogP contribution in [0.3, 0.4) is 0 Å². The zero-order valence-corrected chi connectivity index (χ0v) is 13.3. The molecule has 0 heterocycles. The summed E-state index contributed by atoms with van der Waals surface area (Å²) < 4.78 is 0. The van der Waals surface area contributed by atoms with Crippen LogP contribution in [-0.4, -0.2) is 16.9 Å². The number of anilines is 1. The lowest BCUT2D eigenvalue weighted by molar-refractivity contribution is -0.255. The Morgan fingerprint density at radius 1 is 1.09 bits per heavy atom. The van der Waals surface area contributed by atoms with Gasteiger partial charge in [0, 0.05) is 17.8 Å². The number of nitrogens with one attached hydrogen (secondary N) is 2. The molecule has 0 spiro atoms. The number of carboxylic acid groups (broad SMARTS) is 1. The summed E-state index contributed by atoms with van der Waals surface area (Å²) in [4.78, 5) is 22.0. The van der Waals surface area contributed by atoms with Gasteiger partial charge in [0.15, 0.2) is 10.9 Å². The minimum absolute atomic E-state index is 0.0134. The maximum atomic E-state index is 11.3. The third kappa shape index (κ3) is 4.89. The molecule has 2 N–H and O–H groups in total. The van der Waals surface area contributed by atoms with Crippen molar-refractivity contribution in [1.29, 1.82) is 0 Å². The van der Waals surface area contributed by atoms with Crippen LogP contribution in [0.4, 0.5) is 5.69 Å². The van der Waals surface area contributed by atoms with Crippen molar-refractivity contribution in [3.8, 4) is 0 Å². The summed E-state index contributed by atoms with van der Waals surface area (Å²) in [5.41, 5.74) is 2.35. The topological polar surface area (TPSA) is 81.3 Å². The molecule has 0 saturated heterocycles. The average Bonchev–Trinajstić information content (AvgIpc) is 2.53. The van der Waals surface area contributed by atoms with Gasteiger partial charge in [-0.05, 0) is 42.4 Å². The molecule has 0 aliphatic carbocycles. The molecule has 23 heavy (non-hydrogen) atoms. The van der Waals surface area contributed by atoms with Crippen molar-refractivity contribution in [3.63, 3.8) is 0 Å². The molecule has 2 aromatic rings. The molecular formula is C17H15N2O3S-. The fourth-order valence-corrected chi connectivity index (χ4v) is 2.12. The second-order valence-corrected chi connectivity index (χ2v) is 5.34. The van der Waals surface area contributed by atoms with Gasteiger partial charge >= 0.3 is 0 Å². The molecule has 0 radical (unpaired) electrons. The predicted molar refractivity (Wildman–Crippen MR) is 90.3 cm³/mol. The van der Waals surface area contributed by atoms with Crippen LogP contribution in [-0.2, 0) is 6.54 Å². The predicted octanol–water partition coefficient (Wildman–Crippen LogP) is 1.74. The maximum Gasteiger partial charge on any atom is 0.171 e. The number of ketones is 1. The van der Waals surface area contributed by atoms with Crippen molar-refractivity contribution >= 4 is 34.8 Å². The zero-order valence-electron chi connectivity index (χ0n) is 12.5. The Hall–Kier alpha value is -2.73. The molecule has 0 atom stereocenters. The summed E-state index contributed by atoms with van der Waals surface area (Å²) in [7, 11) is 0. The monoisotopic (exact) mass is 327 g/mol. The molecular weight excluding hydrogens is 312 g/mol. The van der Waals surface area contributed by atoms with E-state index < -0.39 is 5.97 Å². The van der Waals surface area contributed by atoms with Gasteiger partial charge in [0.2, 0.25) is 0 Å². The number of thiocarbonyl (C=S) groups is 1. The first-order chi connectivity index (χ1) is 11.0. The minimum Gasteiger partial charge on any atom is -0.545 e. The Balaban J connectivity index is 1.91. The normalized spacial score (nSPS) is 9.96. The Labute approximate surface area is 139 Å². The Bertz CT molecular complexity index is 742. The number of hydrogen-bond donors (Lipinski definition) is 2. The molecule has 0 fully saturated rings. The smallest absolute Gasteiger partial charge is 0.171 e. The van der Waals surface area contributed by atoms with Gasteiger partial charge in [0.25, 0.3) is 0 Å². The maximum absolute atomic E-state index is 11.3. The Morgan fingerprint density at radius 3 is 2.39 bits per heavy atom. The molecule has 0 bridgehead atoms. The summed E-state index contributed by atoms with van der Waals surface area (Å²) in [5.74, 6) is -1.22. The van der Waals surface area contributed by atoms with Gasteiger partial charge in [-0.15, -0.1) is 0 Å². The number of benzene rings is 2. The van der Waals surface area contributed by atoms with Crippen LogP contribution in [0.25, 0.3) is 0 Å². The van der Waals surface area contributed by atoms with Crippen molar-refractivity contribution in [2.45, 2.75) is 13.5 Å². The summed E-state index contributed by atoms with van der Waals surface area (Å²) in [6, 6.07) is 13.4. The molecule has 0 unspecified atom stereocenters. The highest BCUT2D eigenvalue weighted by Gasteiger charge is 2.02.